The summed E-state index contributed by atoms with van der Waals surface area (Å²) in [4.78, 5) is 17.3. The van der Waals surface area contributed by atoms with Crippen molar-refractivity contribution in [3.63, 3.8) is 0 Å². The van der Waals surface area contributed by atoms with E-state index in [1.165, 1.54) is 17.7 Å². The third-order valence-corrected chi connectivity index (χ3v) is 6.60. The Bertz CT molecular complexity index is 1080. The van der Waals surface area contributed by atoms with E-state index in [1.54, 1.807) is 30.1 Å². The van der Waals surface area contributed by atoms with Crippen LogP contribution >= 0.6 is 0 Å². The quantitative estimate of drug-likeness (QED) is 0.537. The fourth-order valence-corrected chi connectivity index (χ4v) is 4.73. The SMILES string of the molecule is CN(C(=O)c1ccn(C)n1)[C@H](Cc1ccccc1)C1CCN(Cc2ccc(F)c(F)c2)CC1. The van der Waals surface area contributed by atoms with Crippen LogP contribution in [0.5, 0.6) is 0 Å². The third kappa shape index (κ3) is 5.66. The van der Waals surface area contributed by atoms with Crippen molar-refractivity contribution in [1.82, 2.24) is 19.6 Å². The van der Waals surface area contributed by atoms with Crippen molar-refractivity contribution in [2.45, 2.75) is 31.8 Å². The van der Waals surface area contributed by atoms with Gasteiger partial charge in [-0.2, -0.15) is 5.10 Å². The van der Waals surface area contributed by atoms with Crippen molar-refractivity contribution in [3.05, 3.63) is 89.2 Å². The third-order valence-electron chi connectivity index (χ3n) is 6.60. The van der Waals surface area contributed by atoms with Crippen LogP contribution in [-0.4, -0.2) is 51.7 Å². The van der Waals surface area contributed by atoms with E-state index in [1.807, 2.05) is 30.1 Å². The normalized spacial score (nSPS) is 16.0. The summed E-state index contributed by atoms with van der Waals surface area (Å²) in [6.07, 6.45) is 4.43. The Morgan fingerprint density at radius 3 is 2.42 bits per heavy atom. The number of amides is 1. The lowest BCUT2D eigenvalue weighted by atomic mass is 9.84. The van der Waals surface area contributed by atoms with E-state index < -0.39 is 11.6 Å². The average Bonchev–Trinajstić information content (AvgIpc) is 3.26. The largest absolute Gasteiger partial charge is 0.337 e. The number of aromatic nitrogens is 2. The molecule has 0 bridgehead atoms. The molecule has 1 atom stereocenters. The number of halogens is 2. The zero-order valence-corrected chi connectivity index (χ0v) is 19.1. The van der Waals surface area contributed by atoms with Gasteiger partial charge in [0.05, 0.1) is 0 Å². The molecule has 0 spiro atoms. The number of hydrogen-bond acceptors (Lipinski definition) is 3. The lowest BCUT2D eigenvalue weighted by molar-refractivity contribution is 0.0579. The maximum absolute atomic E-state index is 13.6. The number of hydrogen-bond donors (Lipinski definition) is 0. The highest BCUT2D eigenvalue weighted by atomic mass is 19.2. The second kappa shape index (κ2) is 10.3. The minimum Gasteiger partial charge on any atom is -0.337 e. The highest BCUT2D eigenvalue weighted by Crippen LogP contribution is 2.28. The monoisotopic (exact) mass is 452 g/mol. The molecule has 7 heteroatoms. The molecule has 4 rings (SSSR count). The molecule has 0 N–H and O–H groups in total. The van der Waals surface area contributed by atoms with Crippen LogP contribution in [0.2, 0.25) is 0 Å². The molecule has 1 aliphatic heterocycles. The molecular formula is C26H30F2N4O. The van der Waals surface area contributed by atoms with Gasteiger partial charge in [0.15, 0.2) is 11.6 Å². The highest BCUT2D eigenvalue weighted by molar-refractivity contribution is 5.92. The molecule has 1 aromatic heterocycles. The van der Waals surface area contributed by atoms with E-state index in [0.717, 1.165) is 37.9 Å². The standard InChI is InChI=1S/C26H30F2N4O/c1-30-13-12-24(29-30)26(33)31(2)25(17-19-6-4-3-5-7-19)21-10-14-32(15-11-21)18-20-8-9-22(27)23(28)16-20/h3-9,12-13,16,21,25H,10-11,14-15,17-18H2,1-2H3/t25-/m1/s1. The maximum atomic E-state index is 13.6. The van der Waals surface area contributed by atoms with Crippen LogP contribution in [-0.2, 0) is 20.0 Å². The molecule has 0 unspecified atom stereocenters. The second-order valence-electron chi connectivity index (χ2n) is 8.91. The van der Waals surface area contributed by atoms with Gasteiger partial charge in [0.1, 0.15) is 5.69 Å². The molecule has 174 valence electrons. The second-order valence-corrected chi connectivity index (χ2v) is 8.91. The zero-order chi connectivity index (χ0) is 23.4. The Labute approximate surface area is 193 Å². The summed E-state index contributed by atoms with van der Waals surface area (Å²) in [5.41, 5.74) is 2.43. The zero-order valence-electron chi connectivity index (χ0n) is 19.1. The van der Waals surface area contributed by atoms with Gasteiger partial charge < -0.3 is 4.90 Å². The number of carbonyl (C=O) groups excluding carboxylic acids is 1. The predicted molar refractivity (Wildman–Crippen MR) is 124 cm³/mol. The van der Waals surface area contributed by atoms with Gasteiger partial charge in [0.2, 0.25) is 0 Å². The summed E-state index contributed by atoms with van der Waals surface area (Å²) in [5.74, 6) is -1.35. The smallest absolute Gasteiger partial charge is 0.274 e. The Morgan fingerprint density at radius 2 is 1.79 bits per heavy atom. The summed E-state index contributed by atoms with van der Waals surface area (Å²) in [7, 11) is 3.68. The molecule has 5 nitrogen and oxygen atoms in total. The van der Waals surface area contributed by atoms with Gasteiger partial charge in [-0.3, -0.25) is 14.4 Å². The number of aryl methyl sites for hydroxylation is 1. The average molecular weight is 453 g/mol. The van der Waals surface area contributed by atoms with Crippen molar-refractivity contribution >= 4 is 5.91 Å². The van der Waals surface area contributed by atoms with E-state index >= 15 is 0 Å². The van der Waals surface area contributed by atoms with Crippen molar-refractivity contribution in [2.75, 3.05) is 20.1 Å². The Balaban J connectivity index is 1.45. The molecule has 1 amide bonds. The van der Waals surface area contributed by atoms with Crippen LogP contribution in [0.15, 0.2) is 60.8 Å². The van der Waals surface area contributed by atoms with Crippen LogP contribution in [0.3, 0.4) is 0 Å². The molecule has 2 aromatic carbocycles. The topological polar surface area (TPSA) is 41.4 Å². The van der Waals surface area contributed by atoms with Gasteiger partial charge >= 0.3 is 0 Å². The van der Waals surface area contributed by atoms with Gasteiger partial charge in [-0.25, -0.2) is 8.78 Å². The van der Waals surface area contributed by atoms with Gasteiger partial charge in [-0.1, -0.05) is 36.4 Å². The van der Waals surface area contributed by atoms with Crippen LogP contribution in [0.4, 0.5) is 8.78 Å². The Kier molecular flexibility index (Phi) is 7.18. The molecule has 0 radical (unpaired) electrons. The molecule has 1 saturated heterocycles. The molecule has 1 fully saturated rings. The first-order valence-corrected chi connectivity index (χ1v) is 11.4. The first-order chi connectivity index (χ1) is 15.9. The van der Waals surface area contributed by atoms with E-state index in [-0.39, 0.29) is 11.9 Å². The summed E-state index contributed by atoms with van der Waals surface area (Å²) >= 11 is 0. The summed E-state index contributed by atoms with van der Waals surface area (Å²) in [6, 6.07) is 16.2. The number of carbonyl (C=O) groups is 1. The van der Waals surface area contributed by atoms with Crippen molar-refractivity contribution in [1.29, 1.82) is 0 Å². The predicted octanol–water partition coefficient (Wildman–Crippen LogP) is 4.29. The van der Waals surface area contributed by atoms with Crippen molar-refractivity contribution in [3.8, 4) is 0 Å². The van der Waals surface area contributed by atoms with Crippen molar-refractivity contribution in [2.24, 2.45) is 13.0 Å². The van der Waals surface area contributed by atoms with Crippen LogP contribution in [0, 0.1) is 17.6 Å². The van der Waals surface area contributed by atoms with Gasteiger partial charge in [-0.05, 0) is 67.6 Å². The Morgan fingerprint density at radius 1 is 1.06 bits per heavy atom. The first-order valence-electron chi connectivity index (χ1n) is 11.4. The summed E-state index contributed by atoms with van der Waals surface area (Å²) in [6.45, 7) is 2.29. The number of nitrogens with zero attached hydrogens (tertiary/aromatic N) is 4. The molecular weight excluding hydrogens is 422 g/mol. The number of likely N-dealkylation sites (tertiary alicyclic amines) is 1. The number of likely N-dealkylation sites (N-methyl/N-ethyl adjacent to an activating group) is 1. The molecule has 0 aliphatic carbocycles. The molecule has 0 saturated carbocycles. The Hall–Kier alpha value is -3.06. The molecule has 1 aliphatic rings. The van der Waals surface area contributed by atoms with E-state index in [9.17, 15) is 13.6 Å². The lowest BCUT2D eigenvalue weighted by Gasteiger charge is -2.40. The van der Waals surface area contributed by atoms with E-state index in [0.29, 0.717) is 18.2 Å². The number of rotatable bonds is 7. The van der Waals surface area contributed by atoms with Crippen LogP contribution < -0.4 is 0 Å². The molecule has 3 aromatic rings. The summed E-state index contributed by atoms with van der Waals surface area (Å²) < 4.78 is 28.5. The van der Waals surface area contributed by atoms with Crippen molar-refractivity contribution < 1.29 is 13.6 Å². The molecule has 33 heavy (non-hydrogen) atoms. The molecule has 2 heterocycles. The first kappa shape index (κ1) is 23.1. The van der Waals surface area contributed by atoms with Gasteiger partial charge in [0, 0.05) is 32.9 Å². The summed E-state index contributed by atoms with van der Waals surface area (Å²) in [5, 5.41) is 4.30. The van der Waals surface area contributed by atoms with Crippen LogP contribution in [0.1, 0.15) is 34.5 Å². The number of benzene rings is 2. The van der Waals surface area contributed by atoms with E-state index in [4.69, 9.17) is 0 Å². The number of piperidine rings is 1. The van der Waals surface area contributed by atoms with E-state index in [2.05, 4.69) is 22.1 Å². The lowest BCUT2D eigenvalue weighted by Crippen LogP contribution is -2.47. The fourth-order valence-electron chi connectivity index (χ4n) is 4.73. The maximum Gasteiger partial charge on any atom is 0.274 e. The fraction of sp³-hybridized carbons (Fsp3) is 0.385. The minimum absolute atomic E-state index is 0.0484. The van der Waals surface area contributed by atoms with Gasteiger partial charge in [-0.15, -0.1) is 0 Å². The van der Waals surface area contributed by atoms with Gasteiger partial charge in [0.25, 0.3) is 5.91 Å². The van der Waals surface area contributed by atoms with Crippen LogP contribution in [0.25, 0.3) is 0 Å². The minimum atomic E-state index is -0.818. The highest BCUT2D eigenvalue weighted by Gasteiger charge is 2.32.